The molecule has 3 nitrogen and oxygen atoms in total. The Morgan fingerprint density at radius 3 is 2.47 bits per heavy atom. The van der Waals surface area contributed by atoms with Crippen molar-refractivity contribution in [3.8, 4) is 0 Å². The number of anilines is 1. The fourth-order valence-electron chi connectivity index (χ4n) is 0.861. The number of hydrogen-bond acceptors (Lipinski definition) is 2. The van der Waals surface area contributed by atoms with E-state index in [1.165, 1.54) is 36.2 Å². The Morgan fingerprint density at radius 1 is 1.33 bits per heavy atom. The third-order valence-corrected chi connectivity index (χ3v) is 2.26. The highest BCUT2D eigenvalue weighted by Gasteiger charge is 2.02. The zero-order chi connectivity index (χ0) is 11.3. The van der Waals surface area contributed by atoms with Crippen molar-refractivity contribution in [1.82, 2.24) is 4.72 Å². The molecule has 0 fully saturated rings. The van der Waals surface area contributed by atoms with Gasteiger partial charge in [0.05, 0.1) is 0 Å². The fraction of sp³-hybridized carbons (Fsp3) is 0.300. The lowest BCUT2D eigenvalue weighted by Crippen LogP contribution is -2.24. The minimum absolute atomic E-state index is 0.305. The topological polar surface area (TPSA) is 41.1 Å². The number of urea groups is 1. The number of nitrogens with one attached hydrogen (secondary N) is 2. The van der Waals surface area contributed by atoms with Crippen molar-refractivity contribution in [2.24, 2.45) is 0 Å². The number of carbonyl (C=O) groups is 1. The minimum atomic E-state index is -0.322. The lowest BCUT2D eigenvalue weighted by atomic mass is 10.3. The van der Waals surface area contributed by atoms with Gasteiger partial charge in [0.25, 0.3) is 0 Å². The first-order chi connectivity index (χ1) is 7.08. The number of carbonyl (C=O) groups excluding carboxylic acids is 1. The molecule has 2 N–H and O–H groups in total. The largest absolute Gasteiger partial charge is 0.329 e. The van der Waals surface area contributed by atoms with E-state index < -0.39 is 0 Å². The standard InChI is InChI=1S/C10H13FN2OS/c1-7(2)15-13-10(14)12-9-5-3-8(11)4-6-9/h3-7H,1-2H3,(H2,12,13,14). The minimum Gasteiger partial charge on any atom is -0.307 e. The van der Waals surface area contributed by atoms with E-state index in [2.05, 4.69) is 10.0 Å². The Hall–Kier alpha value is -1.23. The van der Waals surface area contributed by atoms with E-state index in [0.717, 1.165) is 0 Å². The molecule has 0 aliphatic heterocycles. The summed E-state index contributed by atoms with van der Waals surface area (Å²) in [5.74, 6) is -0.322. The molecule has 0 saturated heterocycles. The first kappa shape index (κ1) is 11.8. The highest BCUT2D eigenvalue weighted by Crippen LogP contribution is 2.09. The molecule has 0 aromatic heterocycles. The molecule has 5 heteroatoms. The summed E-state index contributed by atoms with van der Waals surface area (Å²) >= 11 is 1.33. The van der Waals surface area contributed by atoms with E-state index in [4.69, 9.17) is 0 Å². The van der Waals surface area contributed by atoms with Crippen LogP contribution in [-0.2, 0) is 0 Å². The smallest absolute Gasteiger partial charge is 0.307 e. The maximum Gasteiger partial charge on any atom is 0.329 e. The zero-order valence-corrected chi connectivity index (χ0v) is 9.40. The van der Waals surface area contributed by atoms with Crippen LogP contribution in [0.25, 0.3) is 0 Å². The summed E-state index contributed by atoms with van der Waals surface area (Å²) in [7, 11) is 0. The molecule has 2 amide bonds. The molecular formula is C10H13FN2OS. The van der Waals surface area contributed by atoms with E-state index in [1.807, 2.05) is 13.8 Å². The summed E-state index contributed by atoms with van der Waals surface area (Å²) in [5, 5.41) is 2.91. The fourth-order valence-corrected chi connectivity index (χ4v) is 1.25. The maximum absolute atomic E-state index is 12.5. The summed E-state index contributed by atoms with van der Waals surface area (Å²) in [6.45, 7) is 3.95. The van der Waals surface area contributed by atoms with Crippen LogP contribution in [0.4, 0.5) is 14.9 Å². The Bertz CT molecular complexity index is 327. The second-order valence-electron chi connectivity index (χ2n) is 3.23. The molecule has 1 rings (SSSR count). The Labute approximate surface area is 92.6 Å². The van der Waals surface area contributed by atoms with Gasteiger partial charge < -0.3 is 5.32 Å². The molecule has 1 aromatic rings. The maximum atomic E-state index is 12.5. The molecule has 0 radical (unpaired) electrons. The molecule has 0 aliphatic carbocycles. The van der Waals surface area contributed by atoms with Crippen molar-refractivity contribution in [3.63, 3.8) is 0 Å². The molecule has 0 heterocycles. The summed E-state index contributed by atoms with van der Waals surface area (Å²) in [4.78, 5) is 11.3. The second-order valence-corrected chi connectivity index (χ2v) is 4.61. The third kappa shape index (κ3) is 4.69. The van der Waals surface area contributed by atoms with Crippen LogP contribution in [0.1, 0.15) is 13.8 Å². The Morgan fingerprint density at radius 2 is 1.93 bits per heavy atom. The first-order valence-corrected chi connectivity index (χ1v) is 5.44. The van der Waals surface area contributed by atoms with Crippen LogP contribution in [0.2, 0.25) is 0 Å². The molecule has 1 aromatic carbocycles. The van der Waals surface area contributed by atoms with Crippen LogP contribution in [-0.4, -0.2) is 11.3 Å². The second kappa shape index (κ2) is 5.60. The number of rotatable bonds is 3. The van der Waals surface area contributed by atoms with Gasteiger partial charge in [-0.05, 0) is 36.2 Å². The SMILES string of the molecule is CC(C)SNC(=O)Nc1ccc(F)cc1. The molecule has 0 unspecified atom stereocenters. The molecule has 15 heavy (non-hydrogen) atoms. The zero-order valence-electron chi connectivity index (χ0n) is 8.58. The first-order valence-electron chi connectivity index (χ1n) is 4.56. The van der Waals surface area contributed by atoms with Gasteiger partial charge in [-0.2, -0.15) is 0 Å². The molecule has 0 spiro atoms. The third-order valence-electron chi connectivity index (χ3n) is 1.49. The van der Waals surface area contributed by atoms with E-state index in [9.17, 15) is 9.18 Å². The van der Waals surface area contributed by atoms with Gasteiger partial charge in [0.15, 0.2) is 0 Å². The predicted octanol–water partition coefficient (Wildman–Crippen LogP) is 3.00. The van der Waals surface area contributed by atoms with Gasteiger partial charge in [0.1, 0.15) is 5.82 Å². The van der Waals surface area contributed by atoms with Crippen molar-refractivity contribution in [2.75, 3.05) is 5.32 Å². The molecule has 0 aliphatic rings. The van der Waals surface area contributed by atoms with E-state index in [-0.39, 0.29) is 11.8 Å². The normalized spacial score (nSPS) is 10.1. The van der Waals surface area contributed by atoms with Gasteiger partial charge in [-0.3, -0.25) is 4.72 Å². The van der Waals surface area contributed by atoms with Gasteiger partial charge in [-0.25, -0.2) is 9.18 Å². The van der Waals surface area contributed by atoms with Crippen LogP contribution in [0.15, 0.2) is 24.3 Å². The average molecular weight is 228 g/mol. The quantitative estimate of drug-likeness (QED) is 0.781. The molecule has 0 atom stereocenters. The van der Waals surface area contributed by atoms with Gasteiger partial charge in [-0.1, -0.05) is 13.8 Å². The van der Waals surface area contributed by atoms with Gasteiger partial charge in [0.2, 0.25) is 0 Å². The lowest BCUT2D eigenvalue weighted by molar-refractivity contribution is 0.257. The monoisotopic (exact) mass is 228 g/mol. The Balaban J connectivity index is 2.41. The number of hydrogen-bond donors (Lipinski definition) is 2. The average Bonchev–Trinajstić information content (AvgIpc) is 2.19. The highest BCUT2D eigenvalue weighted by molar-refractivity contribution is 7.98. The predicted molar refractivity (Wildman–Crippen MR) is 61.3 cm³/mol. The summed E-state index contributed by atoms with van der Waals surface area (Å²) < 4.78 is 15.2. The van der Waals surface area contributed by atoms with Crippen LogP contribution in [0, 0.1) is 5.82 Å². The number of benzene rings is 1. The highest BCUT2D eigenvalue weighted by atomic mass is 32.2. The summed E-state index contributed by atoms with van der Waals surface area (Å²) in [6, 6.07) is 5.31. The van der Waals surface area contributed by atoms with Gasteiger partial charge >= 0.3 is 6.03 Å². The molecular weight excluding hydrogens is 215 g/mol. The Kier molecular flexibility index (Phi) is 4.42. The van der Waals surface area contributed by atoms with Crippen molar-refractivity contribution >= 4 is 23.7 Å². The lowest BCUT2D eigenvalue weighted by Gasteiger charge is -2.08. The van der Waals surface area contributed by atoms with E-state index in [0.29, 0.717) is 10.9 Å². The van der Waals surface area contributed by atoms with Crippen molar-refractivity contribution in [1.29, 1.82) is 0 Å². The molecule has 0 bridgehead atoms. The van der Waals surface area contributed by atoms with Crippen molar-refractivity contribution in [2.45, 2.75) is 19.1 Å². The molecule has 0 saturated carbocycles. The molecule has 82 valence electrons. The van der Waals surface area contributed by atoms with Crippen molar-refractivity contribution < 1.29 is 9.18 Å². The summed E-state index contributed by atoms with van der Waals surface area (Å²) in [5.41, 5.74) is 0.568. The number of amides is 2. The van der Waals surface area contributed by atoms with Crippen LogP contribution in [0.3, 0.4) is 0 Å². The van der Waals surface area contributed by atoms with Crippen LogP contribution < -0.4 is 10.0 Å². The van der Waals surface area contributed by atoms with Gasteiger partial charge in [-0.15, -0.1) is 0 Å². The van der Waals surface area contributed by atoms with Gasteiger partial charge in [0, 0.05) is 10.9 Å². The number of halogens is 1. The van der Waals surface area contributed by atoms with Crippen molar-refractivity contribution in [3.05, 3.63) is 30.1 Å². The van der Waals surface area contributed by atoms with E-state index >= 15 is 0 Å². The van der Waals surface area contributed by atoms with E-state index in [1.54, 1.807) is 0 Å². The summed E-state index contributed by atoms with van der Waals surface area (Å²) in [6.07, 6.45) is 0. The van der Waals surface area contributed by atoms with Crippen LogP contribution >= 0.6 is 11.9 Å². The van der Waals surface area contributed by atoms with Crippen LogP contribution in [0.5, 0.6) is 0 Å².